The zero-order chi connectivity index (χ0) is 20.4. The summed E-state index contributed by atoms with van der Waals surface area (Å²) >= 11 is 0. The fourth-order valence-electron chi connectivity index (χ4n) is 2.60. The van der Waals surface area contributed by atoms with E-state index in [1.165, 1.54) is 0 Å². The number of amides is 2. The molecule has 0 bridgehead atoms. The molecule has 2 amide bonds. The van der Waals surface area contributed by atoms with Crippen molar-refractivity contribution in [3.05, 3.63) is 71.8 Å². The van der Waals surface area contributed by atoms with Crippen molar-refractivity contribution < 1.29 is 19.1 Å². The number of nitrogens with one attached hydrogen (secondary N) is 1. The van der Waals surface area contributed by atoms with E-state index >= 15 is 0 Å². The van der Waals surface area contributed by atoms with Gasteiger partial charge in [-0.05, 0) is 24.0 Å². The molecule has 5 N–H and O–H groups in total. The second-order valence-electron chi connectivity index (χ2n) is 6.44. The Labute approximate surface area is 176 Å². The first-order valence-electron chi connectivity index (χ1n) is 9.04. The summed E-state index contributed by atoms with van der Waals surface area (Å²) in [6.45, 7) is 0.148. The van der Waals surface area contributed by atoms with Crippen LogP contribution >= 0.6 is 12.4 Å². The quantitative estimate of drug-likeness (QED) is 0.503. The standard InChI is InChI=1S/C21H25N3O4.ClH/c22-17(13-15-7-3-1-4-8-15)21(27)24-18(20(23)26)11-12-19(25)28-14-16-9-5-2-6-10-16;/h1-10,17-18H,11-14,22H2,(H2,23,26)(H,24,27);1H/t17-,18+;/m0./s1. The van der Waals surface area contributed by atoms with Gasteiger partial charge < -0.3 is 21.5 Å². The van der Waals surface area contributed by atoms with Crippen LogP contribution in [0.15, 0.2) is 60.7 Å². The molecule has 0 unspecified atom stereocenters. The molecule has 0 aliphatic rings. The van der Waals surface area contributed by atoms with Crippen molar-refractivity contribution in [2.45, 2.75) is 38.0 Å². The third-order valence-electron chi connectivity index (χ3n) is 4.17. The van der Waals surface area contributed by atoms with Crippen molar-refractivity contribution in [1.82, 2.24) is 5.32 Å². The Hall–Kier alpha value is -2.90. The van der Waals surface area contributed by atoms with Gasteiger partial charge in [0.25, 0.3) is 0 Å². The molecule has 2 aromatic carbocycles. The van der Waals surface area contributed by atoms with Gasteiger partial charge >= 0.3 is 5.97 Å². The fraction of sp³-hybridized carbons (Fsp3) is 0.286. The van der Waals surface area contributed by atoms with E-state index in [1.54, 1.807) is 0 Å². The van der Waals surface area contributed by atoms with Gasteiger partial charge in [-0.1, -0.05) is 60.7 Å². The van der Waals surface area contributed by atoms with Gasteiger partial charge in [0, 0.05) is 6.42 Å². The third-order valence-corrected chi connectivity index (χ3v) is 4.17. The molecule has 7 nitrogen and oxygen atoms in total. The molecule has 0 aliphatic heterocycles. The normalized spacial score (nSPS) is 12.2. The molecular weight excluding hydrogens is 394 g/mol. The molecule has 0 aromatic heterocycles. The minimum atomic E-state index is -0.987. The largest absolute Gasteiger partial charge is 0.461 e. The second-order valence-corrected chi connectivity index (χ2v) is 6.44. The van der Waals surface area contributed by atoms with E-state index in [0.29, 0.717) is 6.42 Å². The van der Waals surface area contributed by atoms with Crippen molar-refractivity contribution in [3.63, 3.8) is 0 Å². The lowest BCUT2D eigenvalue weighted by Crippen LogP contribution is -2.51. The molecule has 0 aliphatic carbocycles. The van der Waals surface area contributed by atoms with Crippen LogP contribution < -0.4 is 16.8 Å². The van der Waals surface area contributed by atoms with Crippen molar-refractivity contribution in [2.24, 2.45) is 11.5 Å². The maximum Gasteiger partial charge on any atom is 0.306 e. The molecule has 2 aromatic rings. The number of halogens is 1. The van der Waals surface area contributed by atoms with E-state index in [1.807, 2.05) is 60.7 Å². The molecule has 2 rings (SSSR count). The number of benzene rings is 2. The zero-order valence-corrected chi connectivity index (χ0v) is 16.8. The van der Waals surface area contributed by atoms with Gasteiger partial charge in [0.1, 0.15) is 12.6 Å². The van der Waals surface area contributed by atoms with E-state index in [0.717, 1.165) is 11.1 Å². The average molecular weight is 420 g/mol. The van der Waals surface area contributed by atoms with E-state index < -0.39 is 29.9 Å². The van der Waals surface area contributed by atoms with Gasteiger partial charge in [-0.25, -0.2) is 0 Å². The molecule has 0 fully saturated rings. The molecule has 0 saturated heterocycles. The number of rotatable bonds is 10. The highest BCUT2D eigenvalue weighted by atomic mass is 35.5. The van der Waals surface area contributed by atoms with Crippen molar-refractivity contribution in [1.29, 1.82) is 0 Å². The van der Waals surface area contributed by atoms with E-state index in [2.05, 4.69) is 5.32 Å². The Balaban J connectivity index is 0.00000420. The monoisotopic (exact) mass is 419 g/mol. The summed E-state index contributed by atoms with van der Waals surface area (Å²) in [4.78, 5) is 35.8. The summed E-state index contributed by atoms with van der Waals surface area (Å²) in [5.74, 6) is -1.70. The molecule has 0 saturated carbocycles. The van der Waals surface area contributed by atoms with Gasteiger partial charge in [0.05, 0.1) is 6.04 Å². The van der Waals surface area contributed by atoms with Crippen LogP contribution in [0.4, 0.5) is 0 Å². The Morgan fingerprint density at radius 3 is 2.03 bits per heavy atom. The summed E-state index contributed by atoms with van der Waals surface area (Å²) in [5, 5.41) is 2.52. The summed E-state index contributed by atoms with van der Waals surface area (Å²) in [6.07, 6.45) is 0.332. The zero-order valence-electron chi connectivity index (χ0n) is 16.0. The first-order valence-corrected chi connectivity index (χ1v) is 9.04. The number of esters is 1. The van der Waals surface area contributed by atoms with Crippen LogP contribution in [0.1, 0.15) is 24.0 Å². The van der Waals surface area contributed by atoms with Crippen LogP contribution in [-0.2, 0) is 32.1 Å². The van der Waals surface area contributed by atoms with Gasteiger partial charge in [0.15, 0.2) is 0 Å². The van der Waals surface area contributed by atoms with E-state index in [9.17, 15) is 14.4 Å². The Bertz CT molecular complexity index is 787. The lowest BCUT2D eigenvalue weighted by molar-refractivity contribution is -0.145. The minimum Gasteiger partial charge on any atom is -0.461 e. The number of carbonyl (C=O) groups is 3. The molecule has 8 heteroatoms. The SMILES string of the molecule is Cl.NC(=O)[C@@H](CCC(=O)OCc1ccccc1)NC(=O)[C@@H](N)Cc1ccccc1. The van der Waals surface area contributed by atoms with Gasteiger partial charge in [-0.2, -0.15) is 0 Å². The number of hydrogen-bond donors (Lipinski definition) is 3. The predicted molar refractivity (Wildman–Crippen MR) is 112 cm³/mol. The first kappa shape index (κ1) is 24.1. The maximum absolute atomic E-state index is 12.3. The molecule has 0 spiro atoms. The molecule has 29 heavy (non-hydrogen) atoms. The smallest absolute Gasteiger partial charge is 0.306 e. The Morgan fingerprint density at radius 2 is 1.48 bits per heavy atom. The lowest BCUT2D eigenvalue weighted by Gasteiger charge is -2.18. The molecule has 156 valence electrons. The Morgan fingerprint density at radius 1 is 0.931 bits per heavy atom. The van der Waals surface area contributed by atoms with Crippen LogP contribution in [0.3, 0.4) is 0 Å². The van der Waals surface area contributed by atoms with Crippen LogP contribution in [0, 0.1) is 0 Å². The lowest BCUT2D eigenvalue weighted by atomic mass is 10.0. The second kappa shape index (κ2) is 12.5. The van der Waals surface area contributed by atoms with Crippen molar-refractivity contribution in [3.8, 4) is 0 Å². The topological polar surface area (TPSA) is 125 Å². The van der Waals surface area contributed by atoms with Crippen molar-refractivity contribution >= 4 is 30.2 Å². The number of nitrogens with two attached hydrogens (primary N) is 2. The van der Waals surface area contributed by atoms with E-state index in [-0.39, 0.29) is 31.9 Å². The summed E-state index contributed by atoms with van der Waals surface area (Å²) in [5.41, 5.74) is 13.0. The van der Waals surface area contributed by atoms with Gasteiger partial charge in [-0.3, -0.25) is 14.4 Å². The number of carbonyl (C=O) groups excluding carboxylic acids is 3. The Kier molecular flexibility index (Phi) is 10.4. The van der Waals surface area contributed by atoms with E-state index in [4.69, 9.17) is 16.2 Å². The van der Waals surface area contributed by atoms with Crippen molar-refractivity contribution in [2.75, 3.05) is 0 Å². The fourth-order valence-corrected chi connectivity index (χ4v) is 2.60. The highest BCUT2D eigenvalue weighted by Crippen LogP contribution is 2.06. The highest BCUT2D eigenvalue weighted by molar-refractivity contribution is 5.89. The molecular formula is C21H26ClN3O4. The summed E-state index contributed by atoms with van der Waals surface area (Å²) in [6, 6.07) is 16.7. The average Bonchev–Trinajstić information content (AvgIpc) is 2.70. The minimum absolute atomic E-state index is 0. The van der Waals surface area contributed by atoms with Crippen LogP contribution in [0.5, 0.6) is 0 Å². The number of ether oxygens (including phenoxy) is 1. The highest BCUT2D eigenvalue weighted by Gasteiger charge is 2.23. The summed E-state index contributed by atoms with van der Waals surface area (Å²) < 4.78 is 5.16. The number of primary amides is 1. The summed E-state index contributed by atoms with van der Waals surface area (Å²) in [7, 11) is 0. The van der Waals surface area contributed by atoms with Gasteiger partial charge in [-0.15, -0.1) is 12.4 Å². The third kappa shape index (κ3) is 8.76. The van der Waals surface area contributed by atoms with Crippen LogP contribution in [0.25, 0.3) is 0 Å². The molecule has 2 atom stereocenters. The van der Waals surface area contributed by atoms with Gasteiger partial charge in [0.2, 0.25) is 11.8 Å². The molecule has 0 radical (unpaired) electrons. The first-order chi connectivity index (χ1) is 13.5. The number of hydrogen-bond acceptors (Lipinski definition) is 5. The predicted octanol–water partition coefficient (Wildman–Crippen LogP) is 1.47. The van der Waals surface area contributed by atoms with Crippen LogP contribution in [0.2, 0.25) is 0 Å². The maximum atomic E-state index is 12.3. The molecule has 0 heterocycles. The van der Waals surface area contributed by atoms with Crippen LogP contribution in [-0.4, -0.2) is 29.9 Å².